The van der Waals surface area contributed by atoms with Crippen LogP contribution in [0.1, 0.15) is 37.7 Å². The molecule has 154 valence electrons. The number of benzene rings is 2. The fourth-order valence-corrected chi connectivity index (χ4v) is 3.59. The molecule has 0 saturated heterocycles. The van der Waals surface area contributed by atoms with E-state index in [-0.39, 0.29) is 0 Å². The molecule has 8 heteroatoms. The Labute approximate surface area is 179 Å². The number of ether oxygens (including phenoxy) is 1. The quantitative estimate of drug-likeness (QED) is 0.359. The van der Waals surface area contributed by atoms with Crippen molar-refractivity contribution in [1.29, 1.82) is 0 Å². The Morgan fingerprint density at radius 3 is 2.17 bits per heavy atom. The summed E-state index contributed by atoms with van der Waals surface area (Å²) in [5.74, 6) is 0.428. The Hall–Kier alpha value is -3.39. The van der Waals surface area contributed by atoms with Crippen LogP contribution in [0.5, 0.6) is 5.75 Å². The van der Waals surface area contributed by atoms with E-state index in [0.29, 0.717) is 22.6 Å². The van der Waals surface area contributed by atoms with Crippen LogP contribution in [0.2, 0.25) is 0 Å². The van der Waals surface area contributed by atoms with E-state index in [1.807, 2.05) is 32.0 Å². The van der Waals surface area contributed by atoms with Gasteiger partial charge in [-0.2, -0.15) is 0 Å². The van der Waals surface area contributed by atoms with Gasteiger partial charge in [0.05, 0.1) is 7.11 Å². The molecule has 2 amide bonds. The average Bonchev–Trinajstić information content (AvgIpc) is 2.75. The number of methoxy groups -OCH3 is 1. The van der Waals surface area contributed by atoms with Gasteiger partial charge < -0.3 is 4.74 Å². The summed E-state index contributed by atoms with van der Waals surface area (Å²) < 4.78 is 5.09. The molecule has 0 unspecified atom stereocenters. The highest BCUT2D eigenvalue weighted by Gasteiger charge is 2.10. The van der Waals surface area contributed by atoms with E-state index >= 15 is 0 Å². The number of aryl methyl sites for hydroxylation is 2. The van der Waals surface area contributed by atoms with Crippen molar-refractivity contribution in [3.8, 4) is 5.75 Å². The smallest absolute Gasteiger partial charge is 0.269 e. The number of carbonyl (C=O) groups excluding carboxylic acids is 2. The maximum Gasteiger partial charge on any atom is 0.269 e. The first-order chi connectivity index (χ1) is 14.4. The van der Waals surface area contributed by atoms with E-state index in [0.717, 1.165) is 22.1 Å². The molecular formula is C22H22N4O3S. The van der Waals surface area contributed by atoms with Gasteiger partial charge in [0.25, 0.3) is 11.8 Å². The SMILES string of the molecule is COc1cccc(C(=O)NNC(=O)c2ccc(CSc3nc(C)cc(C)n3)cc2)c1. The summed E-state index contributed by atoms with van der Waals surface area (Å²) in [7, 11) is 1.52. The first-order valence-electron chi connectivity index (χ1n) is 9.23. The van der Waals surface area contributed by atoms with E-state index in [1.165, 1.54) is 7.11 Å². The molecule has 2 aromatic carbocycles. The van der Waals surface area contributed by atoms with Gasteiger partial charge in [0, 0.05) is 28.3 Å². The van der Waals surface area contributed by atoms with Crippen LogP contribution in [0.25, 0.3) is 0 Å². The van der Waals surface area contributed by atoms with Crippen LogP contribution in [0, 0.1) is 13.8 Å². The summed E-state index contributed by atoms with van der Waals surface area (Å²) in [4.78, 5) is 33.3. The zero-order valence-electron chi connectivity index (χ0n) is 16.9. The molecule has 0 bridgehead atoms. The lowest BCUT2D eigenvalue weighted by Gasteiger charge is -2.09. The fourth-order valence-electron chi connectivity index (χ4n) is 2.68. The summed E-state index contributed by atoms with van der Waals surface area (Å²) in [6, 6.07) is 15.8. The minimum Gasteiger partial charge on any atom is -0.497 e. The zero-order chi connectivity index (χ0) is 21.5. The van der Waals surface area contributed by atoms with Crippen molar-refractivity contribution in [2.45, 2.75) is 24.8 Å². The molecule has 3 rings (SSSR count). The predicted molar refractivity (Wildman–Crippen MR) is 115 cm³/mol. The number of hydrogen-bond acceptors (Lipinski definition) is 6. The van der Waals surface area contributed by atoms with Crippen LogP contribution in [-0.4, -0.2) is 28.9 Å². The lowest BCUT2D eigenvalue weighted by Crippen LogP contribution is -2.41. The highest BCUT2D eigenvalue weighted by atomic mass is 32.2. The Balaban J connectivity index is 1.53. The Morgan fingerprint density at radius 2 is 1.53 bits per heavy atom. The second-order valence-corrected chi connectivity index (χ2v) is 7.50. The van der Waals surface area contributed by atoms with Gasteiger partial charge in [-0.1, -0.05) is 30.0 Å². The summed E-state index contributed by atoms with van der Waals surface area (Å²) in [5, 5.41) is 0.731. The van der Waals surface area contributed by atoms with E-state index in [9.17, 15) is 9.59 Å². The van der Waals surface area contributed by atoms with Crippen molar-refractivity contribution in [2.75, 3.05) is 7.11 Å². The summed E-state index contributed by atoms with van der Waals surface area (Å²) >= 11 is 1.54. The number of hydrogen-bond donors (Lipinski definition) is 2. The number of hydrazine groups is 1. The maximum absolute atomic E-state index is 12.3. The molecule has 0 spiro atoms. The van der Waals surface area contributed by atoms with Crippen molar-refractivity contribution in [1.82, 2.24) is 20.8 Å². The highest BCUT2D eigenvalue weighted by molar-refractivity contribution is 7.98. The summed E-state index contributed by atoms with van der Waals surface area (Å²) in [6.07, 6.45) is 0. The molecule has 2 N–H and O–H groups in total. The van der Waals surface area contributed by atoms with Crippen molar-refractivity contribution < 1.29 is 14.3 Å². The monoisotopic (exact) mass is 422 g/mol. The third kappa shape index (κ3) is 5.81. The maximum atomic E-state index is 12.3. The molecule has 30 heavy (non-hydrogen) atoms. The molecule has 1 heterocycles. The lowest BCUT2D eigenvalue weighted by molar-refractivity contribution is 0.0846. The minimum atomic E-state index is -0.427. The van der Waals surface area contributed by atoms with Crippen LogP contribution >= 0.6 is 11.8 Å². The van der Waals surface area contributed by atoms with Crippen molar-refractivity contribution in [3.63, 3.8) is 0 Å². The van der Waals surface area contributed by atoms with E-state index < -0.39 is 11.8 Å². The predicted octanol–water partition coefficient (Wildman–Crippen LogP) is 3.47. The first kappa shape index (κ1) is 21.3. The number of aromatic nitrogens is 2. The summed E-state index contributed by atoms with van der Waals surface area (Å²) in [5.41, 5.74) is 8.57. The third-order valence-corrected chi connectivity index (χ3v) is 5.09. The van der Waals surface area contributed by atoms with Crippen molar-refractivity contribution >= 4 is 23.6 Å². The van der Waals surface area contributed by atoms with Crippen LogP contribution in [-0.2, 0) is 5.75 Å². The van der Waals surface area contributed by atoms with Gasteiger partial charge >= 0.3 is 0 Å². The van der Waals surface area contributed by atoms with Crippen LogP contribution in [0.4, 0.5) is 0 Å². The molecule has 0 aliphatic rings. The molecule has 0 saturated carbocycles. The van der Waals surface area contributed by atoms with E-state index in [1.54, 1.807) is 48.2 Å². The zero-order valence-corrected chi connectivity index (χ0v) is 17.7. The number of nitrogens with zero attached hydrogens (tertiary/aromatic N) is 2. The van der Waals surface area contributed by atoms with Gasteiger partial charge in [-0.05, 0) is 55.8 Å². The van der Waals surface area contributed by atoms with Crippen LogP contribution in [0.3, 0.4) is 0 Å². The fraction of sp³-hybridized carbons (Fsp3) is 0.182. The number of rotatable bonds is 6. The standard InChI is InChI=1S/C22H22N4O3S/c1-14-11-15(2)24-22(23-14)30-13-16-7-9-17(10-8-16)20(27)25-26-21(28)18-5-4-6-19(12-18)29-3/h4-12H,13H2,1-3H3,(H,25,27)(H,26,28). The third-order valence-electron chi connectivity index (χ3n) is 4.17. The van der Waals surface area contributed by atoms with Gasteiger partial charge in [0.1, 0.15) is 5.75 Å². The van der Waals surface area contributed by atoms with E-state index in [4.69, 9.17) is 4.74 Å². The highest BCUT2D eigenvalue weighted by Crippen LogP contribution is 2.20. The number of amides is 2. The van der Waals surface area contributed by atoms with Gasteiger partial charge in [-0.15, -0.1) is 0 Å². The molecule has 0 radical (unpaired) electrons. The topological polar surface area (TPSA) is 93.2 Å². The van der Waals surface area contributed by atoms with Gasteiger partial charge in [0.15, 0.2) is 5.16 Å². The molecule has 0 fully saturated rings. The van der Waals surface area contributed by atoms with Crippen LogP contribution < -0.4 is 15.6 Å². The largest absolute Gasteiger partial charge is 0.497 e. The summed E-state index contributed by atoms with van der Waals surface area (Å²) in [6.45, 7) is 3.89. The second-order valence-electron chi connectivity index (χ2n) is 6.56. The molecule has 0 aliphatic carbocycles. The Kier molecular flexibility index (Phi) is 7.03. The molecule has 0 atom stereocenters. The van der Waals surface area contributed by atoms with Gasteiger partial charge in [-0.3, -0.25) is 20.4 Å². The minimum absolute atomic E-state index is 0.385. The number of carbonyl (C=O) groups is 2. The normalized spacial score (nSPS) is 10.4. The van der Waals surface area contributed by atoms with Crippen molar-refractivity contribution in [3.05, 3.63) is 82.7 Å². The first-order valence-corrected chi connectivity index (χ1v) is 10.2. The van der Waals surface area contributed by atoms with E-state index in [2.05, 4.69) is 20.8 Å². The molecular weight excluding hydrogens is 400 g/mol. The number of nitrogens with one attached hydrogen (secondary N) is 2. The Bertz CT molecular complexity index is 1030. The van der Waals surface area contributed by atoms with Crippen molar-refractivity contribution in [2.24, 2.45) is 0 Å². The Morgan fingerprint density at radius 1 is 0.900 bits per heavy atom. The molecule has 3 aromatic rings. The molecule has 1 aromatic heterocycles. The number of thioether (sulfide) groups is 1. The van der Waals surface area contributed by atoms with Gasteiger partial charge in [0.2, 0.25) is 0 Å². The average molecular weight is 423 g/mol. The molecule has 7 nitrogen and oxygen atoms in total. The van der Waals surface area contributed by atoms with Gasteiger partial charge in [-0.25, -0.2) is 9.97 Å². The molecule has 0 aliphatic heterocycles. The second kappa shape index (κ2) is 9.89. The lowest BCUT2D eigenvalue weighted by atomic mass is 10.1. The van der Waals surface area contributed by atoms with Crippen LogP contribution in [0.15, 0.2) is 59.8 Å².